The molecule has 3 heteroatoms. The van der Waals surface area contributed by atoms with Crippen LogP contribution in [-0.4, -0.2) is 19.7 Å². The largest absolute Gasteiger partial charge is 0.492 e. The molecule has 0 bridgehead atoms. The Morgan fingerprint density at radius 1 is 1.47 bits per heavy atom. The Bertz CT molecular complexity index is 372. The molecule has 0 aromatic heterocycles. The number of ether oxygens (including phenoxy) is 1. The average molecular weight is 254 g/mol. The molecular formula is C14H20ClNO. The minimum atomic E-state index is 0.501. The van der Waals surface area contributed by atoms with Gasteiger partial charge in [0, 0.05) is 12.5 Å². The second-order valence-electron chi connectivity index (χ2n) is 5.01. The lowest BCUT2D eigenvalue weighted by atomic mass is 10.0. The molecule has 0 saturated carbocycles. The monoisotopic (exact) mass is 253 g/mol. The lowest BCUT2D eigenvalue weighted by molar-refractivity contribution is 0.260. The van der Waals surface area contributed by atoms with E-state index in [0.29, 0.717) is 11.8 Å². The predicted molar refractivity (Wildman–Crippen MR) is 72.0 cm³/mol. The summed E-state index contributed by atoms with van der Waals surface area (Å²) in [4.78, 5) is 0. The summed E-state index contributed by atoms with van der Waals surface area (Å²) in [5, 5.41) is 4.06. The molecule has 0 radical (unpaired) electrons. The van der Waals surface area contributed by atoms with Crippen molar-refractivity contribution in [3.63, 3.8) is 0 Å². The molecule has 1 heterocycles. The first-order valence-electron chi connectivity index (χ1n) is 6.30. The fourth-order valence-corrected chi connectivity index (χ4v) is 2.30. The van der Waals surface area contributed by atoms with Crippen LogP contribution in [-0.2, 0) is 0 Å². The molecule has 1 aromatic carbocycles. The van der Waals surface area contributed by atoms with E-state index < -0.39 is 0 Å². The maximum Gasteiger partial charge on any atom is 0.137 e. The van der Waals surface area contributed by atoms with Crippen molar-refractivity contribution >= 4 is 11.6 Å². The summed E-state index contributed by atoms with van der Waals surface area (Å²) in [6.07, 6.45) is 1.20. The summed E-state index contributed by atoms with van der Waals surface area (Å²) in [5.41, 5.74) is 1.25. The number of benzene rings is 1. The van der Waals surface area contributed by atoms with Crippen LogP contribution in [0.25, 0.3) is 0 Å². The van der Waals surface area contributed by atoms with Gasteiger partial charge in [-0.15, -0.1) is 0 Å². The van der Waals surface area contributed by atoms with E-state index in [2.05, 4.69) is 25.2 Å². The molecule has 0 amide bonds. The number of hydrogen-bond donors (Lipinski definition) is 1. The highest BCUT2D eigenvalue weighted by Gasteiger charge is 2.15. The van der Waals surface area contributed by atoms with Crippen molar-refractivity contribution in [2.24, 2.45) is 5.92 Å². The van der Waals surface area contributed by atoms with E-state index in [9.17, 15) is 0 Å². The lowest BCUT2D eigenvalue weighted by Crippen LogP contribution is -2.15. The summed E-state index contributed by atoms with van der Waals surface area (Å²) < 4.78 is 5.78. The smallest absolute Gasteiger partial charge is 0.137 e. The number of nitrogens with one attached hydrogen (secondary N) is 1. The summed E-state index contributed by atoms with van der Waals surface area (Å²) in [5.74, 6) is 1.93. The van der Waals surface area contributed by atoms with Gasteiger partial charge in [0.1, 0.15) is 5.75 Å². The van der Waals surface area contributed by atoms with Crippen LogP contribution >= 0.6 is 11.6 Å². The van der Waals surface area contributed by atoms with E-state index in [-0.39, 0.29) is 0 Å². The van der Waals surface area contributed by atoms with E-state index >= 15 is 0 Å². The fraction of sp³-hybridized carbons (Fsp3) is 0.571. The SMILES string of the molecule is CC(C)c1ccc(OC[C@@H]2CCNC2)c(Cl)c1. The lowest BCUT2D eigenvalue weighted by Gasteiger charge is -2.13. The maximum atomic E-state index is 6.22. The number of halogens is 1. The first-order valence-corrected chi connectivity index (χ1v) is 6.67. The van der Waals surface area contributed by atoms with E-state index in [4.69, 9.17) is 16.3 Å². The van der Waals surface area contributed by atoms with Crippen LogP contribution < -0.4 is 10.1 Å². The highest BCUT2D eigenvalue weighted by molar-refractivity contribution is 6.32. The minimum absolute atomic E-state index is 0.501. The van der Waals surface area contributed by atoms with E-state index in [0.717, 1.165) is 30.5 Å². The molecule has 0 unspecified atom stereocenters. The Hall–Kier alpha value is -0.730. The molecule has 1 fully saturated rings. The second kappa shape index (κ2) is 5.74. The Morgan fingerprint density at radius 3 is 2.88 bits per heavy atom. The van der Waals surface area contributed by atoms with Crippen LogP contribution in [0.3, 0.4) is 0 Å². The van der Waals surface area contributed by atoms with Crippen LogP contribution in [0.15, 0.2) is 18.2 Å². The van der Waals surface area contributed by atoms with Crippen molar-refractivity contribution in [2.45, 2.75) is 26.2 Å². The highest BCUT2D eigenvalue weighted by Crippen LogP contribution is 2.29. The second-order valence-corrected chi connectivity index (χ2v) is 5.42. The van der Waals surface area contributed by atoms with E-state index in [1.54, 1.807) is 0 Å². The van der Waals surface area contributed by atoms with Gasteiger partial charge in [-0.05, 0) is 36.6 Å². The van der Waals surface area contributed by atoms with Gasteiger partial charge in [-0.1, -0.05) is 31.5 Å². The van der Waals surface area contributed by atoms with Gasteiger partial charge in [0.15, 0.2) is 0 Å². The van der Waals surface area contributed by atoms with Gasteiger partial charge in [-0.3, -0.25) is 0 Å². The van der Waals surface area contributed by atoms with Crippen LogP contribution in [0, 0.1) is 5.92 Å². The molecule has 2 rings (SSSR count). The third-order valence-electron chi connectivity index (χ3n) is 3.26. The zero-order chi connectivity index (χ0) is 12.3. The molecule has 1 atom stereocenters. The molecule has 0 aliphatic carbocycles. The molecular weight excluding hydrogens is 234 g/mol. The summed E-state index contributed by atoms with van der Waals surface area (Å²) >= 11 is 6.22. The Morgan fingerprint density at radius 2 is 2.29 bits per heavy atom. The molecule has 2 nitrogen and oxygen atoms in total. The van der Waals surface area contributed by atoms with Gasteiger partial charge >= 0.3 is 0 Å². The van der Waals surface area contributed by atoms with Crippen LogP contribution in [0.2, 0.25) is 5.02 Å². The molecule has 94 valence electrons. The van der Waals surface area contributed by atoms with Crippen LogP contribution in [0.5, 0.6) is 5.75 Å². The zero-order valence-electron chi connectivity index (χ0n) is 10.5. The van der Waals surface area contributed by atoms with Gasteiger partial charge in [0.2, 0.25) is 0 Å². The van der Waals surface area contributed by atoms with Crippen molar-refractivity contribution in [1.82, 2.24) is 5.32 Å². The predicted octanol–water partition coefficient (Wildman–Crippen LogP) is 3.45. The molecule has 0 spiro atoms. The van der Waals surface area contributed by atoms with Crippen LogP contribution in [0.1, 0.15) is 31.7 Å². The first-order chi connectivity index (χ1) is 8.16. The quantitative estimate of drug-likeness (QED) is 0.888. The zero-order valence-corrected chi connectivity index (χ0v) is 11.3. The number of rotatable bonds is 4. The molecule has 1 aliphatic heterocycles. The van der Waals surface area contributed by atoms with Crippen LogP contribution in [0.4, 0.5) is 0 Å². The molecule has 1 N–H and O–H groups in total. The Labute approximate surface area is 108 Å². The first kappa shape index (κ1) is 12.7. The molecule has 1 aliphatic rings. The summed E-state index contributed by atoms with van der Waals surface area (Å²) in [7, 11) is 0. The van der Waals surface area contributed by atoms with Gasteiger partial charge in [-0.25, -0.2) is 0 Å². The third-order valence-corrected chi connectivity index (χ3v) is 3.55. The van der Waals surface area contributed by atoms with Gasteiger partial charge in [-0.2, -0.15) is 0 Å². The van der Waals surface area contributed by atoms with Crippen molar-refractivity contribution in [3.05, 3.63) is 28.8 Å². The van der Waals surface area contributed by atoms with Crippen molar-refractivity contribution in [1.29, 1.82) is 0 Å². The molecule has 17 heavy (non-hydrogen) atoms. The summed E-state index contributed by atoms with van der Waals surface area (Å²) in [6, 6.07) is 6.09. The van der Waals surface area contributed by atoms with E-state index in [1.807, 2.05) is 12.1 Å². The van der Waals surface area contributed by atoms with Gasteiger partial charge in [0.05, 0.1) is 11.6 Å². The van der Waals surface area contributed by atoms with E-state index in [1.165, 1.54) is 12.0 Å². The minimum Gasteiger partial charge on any atom is -0.492 e. The molecule has 1 aromatic rings. The Kier molecular flexibility index (Phi) is 4.30. The normalized spacial score (nSPS) is 19.9. The van der Waals surface area contributed by atoms with Crippen molar-refractivity contribution in [3.8, 4) is 5.75 Å². The number of hydrogen-bond acceptors (Lipinski definition) is 2. The average Bonchev–Trinajstić information content (AvgIpc) is 2.80. The van der Waals surface area contributed by atoms with Crippen molar-refractivity contribution < 1.29 is 4.74 Å². The van der Waals surface area contributed by atoms with Gasteiger partial charge < -0.3 is 10.1 Å². The topological polar surface area (TPSA) is 21.3 Å². The summed E-state index contributed by atoms with van der Waals surface area (Å²) in [6.45, 7) is 7.25. The van der Waals surface area contributed by atoms with Crippen molar-refractivity contribution in [2.75, 3.05) is 19.7 Å². The fourth-order valence-electron chi connectivity index (χ4n) is 2.06. The third kappa shape index (κ3) is 3.36. The Balaban J connectivity index is 1.96. The highest BCUT2D eigenvalue weighted by atomic mass is 35.5. The molecule has 1 saturated heterocycles. The standard InChI is InChI=1S/C14H20ClNO/c1-10(2)12-3-4-14(13(15)7-12)17-9-11-5-6-16-8-11/h3-4,7,10-11,16H,5-6,8-9H2,1-2H3/t11-/m1/s1. The maximum absolute atomic E-state index is 6.22. The van der Waals surface area contributed by atoms with Gasteiger partial charge in [0.25, 0.3) is 0 Å².